The average molecular weight is 292 g/mol. The predicted molar refractivity (Wildman–Crippen MR) is 78.7 cm³/mol. The Labute approximate surface area is 122 Å². The van der Waals surface area contributed by atoms with Crippen molar-refractivity contribution in [3.05, 3.63) is 17.3 Å². The second-order valence-electron chi connectivity index (χ2n) is 5.15. The Morgan fingerprint density at radius 3 is 2.80 bits per heavy atom. The van der Waals surface area contributed by atoms with Crippen molar-refractivity contribution in [2.45, 2.75) is 39.7 Å². The molecule has 2 aromatic heterocycles. The summed E-state index contributed by atoms with van der Waals surface area (Å²) in [6.45, 7) is 6.04. The monoisotopic (exact) mass is 292 g/mol. The lowest BCUT2D eigenvalue weighted by Crippen LogP contribution is -2.41. The number of carboxylic acids is 1. The van der Waals surface area contributed by atoms with Gasteiger partial charge in [-0.05, 0) is 24.8 Å². The number of fused-ring (bicyclic) bond motifs is 1. The van der Waals surface area contributed by atoms with Crippen molar-refractivity contribution < 1.29 is 9.90 Å². The smallest absolute Gasteiger partial charge is 0.138 e. The zero-order valence-electron chi connectivity index (χ0n) is 11.8. The largest absolute Gasteiger partial charge is 0.548 e. The molecule has 0 aliphatic heterocycles. The third kappa shape index (κ3) is 3.25. The Bertz CT molecular complexity index is 609. The quantitative estimate of drug-likeness (QED) is 0.879. The lowest BCUT2D eigenvalue weighted by molar-refractivity contribution is -0.307. The van der Waals surface area contributed by atoms with E-state index in [2.05, 4.69) is 22.2 Å². The highest BCUT2D eigenvalue weighted by atomic mass is 32.1. The van der Waals surface area contributed by atoms with Gasteiger partial charge in [-0.1, -0.05) is 20.8 Å². The molecule has 0 radical (unpaired) electrons. The first-order valence-electron chi connectivity index (χ1n) is 6.72. The number of anilines is 1. The molecule has 0 saturated carbocycles. The van der Waals surface area contributed by atoms with Gasteiger partial charge in [0.05, 0.1) is 17.4 Å². The van der Waals surface area contributed by atoms with E-state index in [9.17, 15) is 9.90 Å². The molecule has 1 atom stereocenters. The molecule has 5 nitrogen and oxygen atoms in total. The fraction of sp³-hybridized carbons (Fsp3) is 0.500. The summed E-state index contributed by atoms with van der Waals surface area (Å²) in [5.74, 6) is -0.270. The lowest BCUT2D eigenvalue weighted by atomic mass is 10.0. The molecule has 0 spiro atoms. The number of carboxylic acid groups (broad SMARTS) is 1. The van der Waals surface area contributed by atoms with Crippen molar-refractivity contribution in [1.29, 1.82) is 0 Å². The number of hydrogen-bond acceptors (Lipinski definition) is 6. The van der Waals surface area contributed by atoms with Crippen molar-refractivity contribution >= 4 is 33.3 Å². The van der Waals surface area contributed by atoms with Crippen molar-refractivity contribution in [3.8, 4) is 0 Å². The fourth-order valence-corrected chi connectivity index (χ4v) is 2.98. The minimum absolute atomic E-state index is 0.261. The van der Waals surface area contributed by atoms with E-state index in [-0.39, 0.29) is 5.92 Å². The molecule has 0 aromatic carbocycles. The summed E-state index contributed by atoms with van der Waals surface area (Å²) in [7, 11) is 0. The third-order valence-electron chi connectivity index (χ3n) is 3.03. The van der Waals surface area contributed by atoms with E-state index in [4.69, 9.17) is 0 Å². The third-order valence-corrected chi connectivity index (χ3v) is 4.22. The van der Waals surface area contributed by atoms with Crippen LogP contribution in [0.5, 0.6) is 0 Å². The van der Waals surface area contributed by atoms with E-state index in [1.54, 1.807) is 11.3 Å². The van der Waals surface area contributed by atoms with Gasteiger partial charge in [0.15, 0.2) is 0 Å². The maximum atomic E-state index is 11.2. The predicted octanol–water partition coefficient (Wildman–Crippen LogP) is 1.83. The maximum absolute atomic E-state index is 11.2. The molecule has 0 unspecified atom stereocenters. The Balaban J connectivity index is 2.31. The van der Waals surface area contributed by atoms with Crippen LogP contribution in [0.25, 0.3) is 10.2 Å². The average Bonchev–Trinajstić information content (AvgIpc) is 2.81. The highest BCUT2D eigenvalue weighted by Gasteiger charge is 2.15. The number of carbonyl (C=O) groups excluding carboxylic acids is 1. The molecule has 2 rings (SSSR count). The molecule has 6 heteroatoms. The number of aryl methyl sites for hydroxylation is 1. The number of thiophene rings is 1. The number of carbonyl (C=O) groups is 1. The van der Waals surface area contributed by atoms with Crippen molar-refractivity contribution in [2.75, 3.05) is 5.32 Å². The first kappa shape index (κ1) is 14.7. The maximum Gasteiger partial charge on any atom is 0.138 e. The van der Waals surface area contributed by atoms with E-state index < -0.39 is 12.0 Å². The van der Waals surface area contributed by atoms with Crippen LogP contribution in [0.15, 0.2) is 12.4 Å². The summed E-state index contributed by atoms with van der Waals surface area (Å²) in [4.78, 5) is 21.7. The SMILES string of the molecule is CCc1cc2c(N[C@H](CC(C)C)C(=O)[O-])ncnc2s1. The molecular formula is C14H18N3O2S-. The van der Waals surface area contributed by atoms with E-state index in [1.165, 1.54) is 11.2 Å². The van der Waals surface area contributed by atoms with Gasteiger partial charge in [-0.15, -0.1) is 11.3 Å². The number of nitrogens with one attached hydrogen (secondary N) is 1. The van der Waals surface area contributed by atoms with Gasteiger partial charge in [-0.2, -0.15) is 0 Å². The minimum Gasteiger partial charge on any atom is -0.548 e. The molecule has 2 heterocycles. The molecule has 20 heavy (non-hydrogen) atoms. The van der Waals surface area contributed by atoms with Gasteiger partial charge >= 0.3 is 0 Å². The highest BCUT2D eigenvalue weighted by Crippen LogP contribution is 2.29. The fourth-order valence-electron chi connectivity index (χ4n) is 2.05. The number of aromatic nitrogens is 2. The van der Waals surface area contributed by atoms with E-state index in [0.717, 1.165) is 16.6 Å². The van der Waals surface area contributed by atoms with Gasteiger partial charge in [-0.25, -0.2) is 9.97 Å². The summed E-state index contributed by atoms with van der Waals surface area (Å²) in [6.07, 6.45) is 2.89. The van der Waals surface area contributed by atoms with Crippen LogP contribution in [0.2, 0.25) is 0 Å². The van der Waals surface area contributed by atoms with Gasteiger partial charge in [-0.3, -0.25) is 0 Å². The van der Waals surface area contributed by atoms with Crippen LogP contribution in [0.1, 0.15) is 32.1 Å². The zero-order chi connectivity index (χ0) is 14.7. The van der Waals surface area contributed by atoms with Crippen LogP contribution >= 0.6 is 11.3 Å². The zero-order valence-corrected chi connectivity index (χ0v) is 12.7. The molecule has 1 N–H and O–H groups in total. The van der Waals surface area contributed by atoms with Crippen LogP contribution in [0, 0.1) is 5.92 Å². The molecule has 0 bridgehead atoms. The Hall–Kier alpha value is -1.69. The number of nitrogens with zero attached hydrogens (tertiary/aromatic N) is 2. The molecule has 0 amide bonds. The van der Waals surface area contributed by atoms with Gasteiger partial charge in [0.25, 0.3) is 0 Å². The first-order chi connectivity index (χ1) is 9.51. The standard InChI is InChI=1S/C14H19N3O2S/c1-4-9-6-10-12(15-7-16-13(10)20-9)17-11(14(18)19)5-8(2)3/h6-8,11H,4-5H2,1-3H3,(H,18,19)(H,15,16,17)/p-1/t11-/m1/s1. The summed E-state index contributed by atoms with van der Waals surface area (Å²) < 4.78 is 0. The molecule has 0 saturated heterocycles. The molecule has 0 aliphatic rings. The summed E-state index contributed by atoms with van der Waals surface area (Å²) >= 11 is 1.61. The summed E-state index contributed by atoms with van der Waals surface area (Å²) in [5, 5.41) is 15.1. The Kier molecular flexibility index (Phi) is 4.54. The van der Waals surface area contributed by atoms with E-state index in [0.29, 0.717) is 12.2 Å². The van der Waals surface area contributed by atoms with Crippen LogP contribution in [0.3, 0.4) is 0 Å². The van der Waals surface area contributed by atoms with Crippen molar-refractivity contribution in [2.24, 2.45) is 5.92 Å². The Morgan fingerprint density at radius 2 is 2.20 bits per heavy atom. The first-order valence-corrected chi connectivity index (χ1v) is 7.53. The van der Waals surface area contributed by atoms with E-state index >= 15 is 0 Å². The van der Waals surface area contributed by atoms with Crippen LogP contribution < -0.4 is 10.4 Å². The van der Waals surface area contributed by atoms with Crippen molar-refractivity contribution in [3.63, 3.8) is 0 Å². The summed E-state index contributed by atoms with van der Waals surface area (Å²) in [5.41, 5.74) is 0. The van der Waals surface area contributed by atoms with Gasteiger partial charge in [0.1, 0.15) is 17.0 Å². The van der Waals surface area contributed by atoms with Gasteiger partial charge < -0.3 is 15.2 Å². The second kappa shape index (κ2) is 6.17. The topological polar surface area (TPSA) is 77.9 Å². The second-order valence-corrected chi connectivity index (χ2v) is 6.27. The normalized spacial score (nSPS) is 12.8. The minimum atomic E-state index is -1.10. The molecule has 2 aromatic rings. The Morgan fingerprint density at radius 1 is 1.45 bits per heavy atom. The van der Waals surface area contributed by atoms with Crippen LogP contribution in [-0.4, -0.2) is 22.0 Å². The number of aliphatic carboxylic acids is 1. The number of hydrogen-bond donors (Lipinski definition) is 1. The molecular weight excluding hydrogens is 274 g/mol. The van der Waals surface area contributed by atoms with Gasteiger partial charge in [0, 0.05) is 4.88 Å². The highest BCUT2D eigenvalue weighted by molar-refractivity contribution is 7.18. The van der Waals surface area contributed by atoms with Gasteiger partial charge in [0.2, 0.25) is 0 Å². The summed E-state index contributed by atoms with van der Waals surface area (Å²) in [6, 6.07) is 1.28. The lowest BCUT2D eigenvalue weighted by Gasteiger charge is -2.22. The molecule has 0 aliphatic carbocycles. The number of rotatable bonds is 6. The van der Waals surface area contributed by atoms with Crippen molar-refractivity contribution in [1.82, 2.24) is 9.97 Å². The van der Waals surface area contributed by atoms with Crippen LogP contribution in [-0.2, 0) is 11.2 Å². The molecule has 108 valence electrons. The molecule has 0 fully saturated rings. The van der Waals surface area contributed by atoms with Crippen LogP contribution in [0.4, 0.5) is 5.82 Å². The van der Waals surface area contributed by atoms with E-state index in [1.807, 2.05) is 19.9 Å².